The number of para-hydroxylation sites is 1. The Labute approximate surface area is 143 Å². The predicted molar refractivity (Wildman–Crippen MR) is 99.0 cm³/mol. The van der Waals surface area contributed by atoms with E-state index in [4.69, 9.17) is 0 Å². The number of imidazole rings is 1. The molecule has 1 N–H and O–H groups in total. The summed E-state index contributed by atoms with van der Waals surface area (Å²) < 4.78 is 3.12. The highest BCUT2D eigenvalue weighted by Crippen LogP contribution is 2.25. The molecule has 2 aromatic heterocycles. The first-order valence-electron chi connectivity index (χ1n) is 7.54. The Morgan fingerprint density at radius 1 is 1.12 bits per heavy atom. The molecule has 0 saturated heterocycles. The smallest absolute Gasteiger partial charge is 0.204 e. The number of aromatic nitrogens is 3. The number of hydrogen-bond acceptors (Lipinski definition) is 5. The van der Waals surface area contributed by atoms with Crippen molar-refractivity contribution >= 4 is 32.4 Å². The van der Waals surface area contributed by atoms with Crippen molar-refractivity contribution in [3.63, 3.8) is 0 Å². The summed E-state index contributed by atoms with van der Waals surface area (Å²) in [4.78, 5) is 8.58. The van der Waals surface area contributed by atoms with Gasteiger partial charge >= 0.3 is 0 Å². The van der Waals surface area contributed by atoms with E-state index in [0.717, 1.165) is 32.3 Å². The molecule has 24 heavy (non-hydrogen) atoms. The summed E-state index contributed by atoms with van der Waals surface area (Å²) in [7, 11) is 0. The Morgan fingerprint density at radius 2 is 1.96 bits per heavy atom. The number of fused-ring (bicyclic) bond motifs is 1. The maximum absolute atomic E-state index is 4.52. The number of anilines is 1. The van der Waals surface area contributed by atoms with Crippen LogP contribution in [-0.4, -0.2) is 20.2 Å². The van der Waals surface area contributed by atoms with Crippen molar-refractivity contribution in [2.45, 2.75) is 6.92 Å². The van der Waals surface area contributed by atoms with E-state index in [1.54, 1.807) is 23.9 Å². The van der Waals surface area contributed by atoms with E-state index in [1.807, 2.05) is 60.2 Å². The number of nitrogens with one attached hydrogen (secondary N) is 1. The largest absolute Gasteiger partial charge is 0.306 e. The second kappa shape index (κ2) is 6.25. The second-order valence-electron chi connectivity index (χ2n) is 5.31. The van der Waals surface area contributed by atoms with Crippen LogP contribution in [0, 0.1) is 0 Å². The SMILES string of the molecule is C/C(=N/Nc1nc2ccccc2s1)c1ccc(-n2ccnc2)cc1. The van der Waals surface area contributed by atoms with E-state index < -0.39 is 0 Å². The topological polar surface area (TPSA) is 55.1 Å². The van der Waals surface area contributed by atoms with Crippen LogP contribution in [0.4, 0.5) is 5.13 Å². The van der Waals surface area contributed by atoms with Gasteiger partial charge < -0.3 is 4.57 Å². The lowest BCUT2D eigenvalue weighted by atomic mass is 10.1. The number of benzene rings is 2. The van der Waals surface area contributed by atoms with Gasteiger partial charge in [-0.25, -0.2) is 9.97 Å². The third-order valence-electron chi connectivity index (χ3n) is 3.70. The maximum Gasteiger partial charge on any atom is 0.204 e. The first kappa shape index (κ1) is 14.6. The molecule has 0 atom stereocenters. The molecular weight excluding hydrogens is 318 g/mol. The number of thiazole rings is 1. The fraction of sp³-hybridized carbons (Fsp3) is 0.0556. The summed E-state index contributed by atoms with van der Waals surface area (Å²) in [5.41, 5.74) is 7.09. The van der Waals surface area contributed by atoms with Crippen LogP contribution in [0.3, 0.4) is 0 Å². The van der Waals surface area contributed by atoms with Gasteiger partial charge in [0.15, 0.2) is 0 Å². The molecule has 0 aliphatic heterocycles. The summed E-state index contributed by atoms with van der Waals surface area (Å²) in [6.45, 7) is 1.98. The number of rotatable bonds is 4. The van der Waals surface area contributed by atoms with Gasteiger partial charge in [-0.2, -0.15) is 5.10 Å². The van der Waals surface area contributed by atoms with E-state index in [2.05, 4.69) is 26.6 Å². The lowest BCUT2D eigenvalue weighted by Gasteiger charge is -2.05. The van der Waals surface area contributed by atoms with Crippen LogP contribution in [0.25, 0.3) is 15.9 Å². The van der Waals surface area contributed by atoms with Gasteiger partial charge in [-0.15, -0.1) is 0 Å². The lowest BCUT2D eigenvalue weighted by molar-refractivity contribution is 1.06. The van der Waals surface area contributed by atoms with Gasteiger partial charge in [-0.05, 0) is 36.8 Å². The summed E-state index contributed by atoms with van der Waals surface area (Å²) in [6, 6.07) is 16.3. The molecule has 2 heterocycles. The molecule has 2 aromatic carbocycles. The minimum Gasteiger partial charge on any atom is -0.306 e. The quantitative estimate of drug-likeness (QED) is 0.447. The van der Waals surface area contributed by atoms with Crippen molar-refractivity contribution in [3.8, 4) is 5.69 Å². The Morgan fingerprint density at radius 3 is 2.71 bits per heavy atom. The first-order valence-corrected chi connectivity index (χ1v) is 8.36. The van der Waals surface area contributed by atoms with Crippen molar-refractivity contribution < 1.29 is 0 Å². The van der Waals surface area contributed by atoms with Crippen molar-refractivity contribution in [2.24, 2.45) is 5.10 Å². The minimum absolute atomic E-state index is 0.797. The molecule has 0 fully saturated rings. The monoisotopic (exact) mass is 333 g/mol. The van der Waals surface area contributed by atoms with Crippen LogP contribution >= 0.6 is 11.3 Å². The molecule has 0 bridgehead atoms. The minimum atomic E-state index is 0.797. The van der Waals surface area contributed by atoms with E-state index in [9.17, 15) is 0 Å². The molecule has 0 aliphatic rings. The molecule has 0 unspecified atom stereocenters. The van der Waals surface area contributed by atoms with Crippen LogP contribution in [0.5, 0.6) is 0 Å². The van der Waals surface area contributed by atoms with E-state index >= 15 is 0 Å². The number of hydrogen-bond donors (Lipinski definition) is 1. The van der Waals surface area contributed by atoms with Gasteiger partial charge in [0.2, 0.25) is 5.13 Å². The van der Waals surface area contributed by atoms with E-state index in [-0.39, 0.29) is 0 Å². The van der Waals surface area contributed by atoms with Crippen LogP contribution in [0.1, 0.15) is 12.5 Å². The summed E-state index contributed by atoms with van der Waals surface area (Å²) in [6.07, 6.45) is 5.47. The highest BCUT2D eigenvalue weighted by molar-refractivity contribution is 7.22. The zero-order valence-electron chi connectivity index (χ0n) is 13.0. The maximum atomic E-state index is 4.52. The third-order valence-corrected chi connectivity index (χ3v) is 4.64. The van der Waals surface area contributed by atoms with Gasteiger partial charge in [0.05, 0.1) is 22.3 Å². The highest BCUT2D eigenvalue weighted by Gasteiger charge is 2.03. The van der Waals surface area contributed by atoms with Crippen molar-refractivity contribution in [3.05, 3.63) is 72.8 Å². The zero-order chi connectivity index (χ0) is 16.4. The van der Waals surface area contributed by atoms with Crippen molar-refractivity contribution in [1.29, 1.82) is 0 Å². The molecule has 0 saturated carbocycles. The Balaban J connectivity index is 1.52. The Bertz CT molecular complexity index is 951. The number of nitrogens with zero attached hydrogens (tertiary/aromatic N) is 4. The lowest BCUT2D eigenvalue weighted by Crippen LogP contribution is -2.00. The molecular formula is C18H15N5S. The molecule has 118 valence electrons. The molecule has 6 heteroatoms. The molecule has 0 amide bonds. The average molecular weight is 333 g/mol. The fourth-order valence-corrected chi connectivity index (χ4v) is 3.21. The molecule has 4 aromatic rings. The molecule has 5 nitrogen and oxygen atoms in total. The van der Waals surface area contributed by atoms with Gasteiger partial charge in [-0.1, -0.05) is 35.6 Å². The Kier molecular flexibility index (Phi) is 3.80. The van der Waals surface area contributed by atoms with Gasteiger partial charge in [0.25, 0.3) is 0 Å². The van der Waals surface area contributed by atoms with Crippen molar-refractivity contribution in [2.75, 3.05) is 5.43 Å². The second-order valence-corrected chi connectivity index (χ2v) is 6.34. The van der Waals surface area contributed by atoms with Gasteiger partial charge in [-0.3, -0.25) is 5.43 Å². The third kappa shape index (κ3) is 2.91. The molecule has 0 aliphatic carbocycles. The number of hydrazone groups is 1. The molecule has 0 radical (unpaired) electrons. The van der Waals surface area contributed by atoms with Crippen LogP contribution in [0.15, 0.2) is 72.4 Å². The highest BCUT2D eigenvalue weighted by atomic mass is 32.1. The van der Waals surface area contributed by atoms with E-state index in [1.165, 1.54) is 0 Å². The van der Waals surface area contributed by atoms with Crippen LogP contribution in [-0.2, 0) is 0 Å². The molecule has 0 spiro atoms. The summed E-state index contributed by atoms with van der Waals surface area (Å²) in [5.74, 6) is 0. The standard InChI is InChI=1S/C18H15N5S/c1-13(14-6-8-15(9-7-14)23-11-10-19-12-23)21-22-18-20-16-4-2-3-5-17(16)24-18/h2-12H,1H3,(H,20,22)/b21-13-. The average Bonchev–Trinajstić information content (AvgIpc) is 3.29. The zero-order valence-corrected chi connectivity index (χ0v) is 13.9. The summed E-state index contributed by atoms with van der Waals surface area (Å²) in [5, 5.41) is 5.24. The van der Waals surface area contributed by atoms with Gasteiger partial charge in [0.1, 0.15) is 0 Å². The van der Waals surface area contributed by atoms with Crippen LogP contribution < -0.4 is 5.43 Å². The van der Waals surface area contributed by atoms with Gasteiger partial charge in [0, 0.05) is 18.1 Å². The first-order chi connectivity index (χ1) is 11.8. The van der Waals surface area contributed by atoms with E-state index in [0.29, 0.717) is 0 Å². The Hall–Kier alpha value is -2.99. The molecule has 4 rings (SSSR count). The predicted octanol–water partition coefficient (Wildman–Crippen LogP) is 4.32. The normalized spacial score (nSPS) is 11.8. The summed E-state index contributed by atoms with van der Waals surface area (Å²) >= 11 is 1.60. The fourth-order valence-electron chi connectivity index (χ4n) is 2.40. The van der Waals surface area contributed by atoms with Crippen LogP contribution in [0.2, 0.25) is 0 Å². The van der Waals surface area contributed by atoms with Crippen molar-refractivity contribution in [1.82, 2.24) is 14.5 Å².